The van der Waals surface area contributed by atoms with Crippen LogP contribution in [0.3, 0.4) is 0 Å². The molecule has 5 nitrogen and oxygen atoms in total. The molecule has 3 saturated heterocycles. The third kappa shape index (κ3) is 1.85. The molecule has 1 amide bonds. The molecule has 0 radical (unpaired) electrons. The zero-order chi connectivity index (χ0) is 12.6. The molecule has 3 heterocycles. The highest BCUT2D eigenvalue weighted by Gasteiger charge is 2.51. The van der Waals surface area contributed by atoms with Crippen LogP contribution in [0.1, 0.15) is 25.7 Å². The van der Waals surface area contributed by atoms with Crippen molar-refractivity contribution in [3.8, 4) is 0 Å². The quantitative estimate of drug-likeness (QED) is 0.743. The van der Waals surface area contributed by atoms with Gasteiger partial charge in [0.2, 0.25) is 5.91 Å². The van der Waals surface area contributed by atoms with Crippen LogP contribution < -0.4 is 0 Å². The van der Waals surface area contributed by atoms with Crippen molar-refractivity contribution in [1.29, 1.82) is 0 Å². The number of fused-ring (bicyclic) bond motifs is 1. The number of amides is 1. The summed E-state index contributed by atoms with van der Waals surface area (Å²) in [6.07, 6.45) is 4.00. The van der Waals surface area contributed by atoms with E-state index in [0.29, 0.717) is 13.2 Å². The maximum absolute atomic E-state index is 12.5. The summed E-state index contributed by atoms with van der Waals surface area (Å²) in [6, 6.07) is -0.00208. The lowest BCUT2D eigenvalue weighted by Crippen LogP contribution is -2.53. The van der Waals surface area contributed by atoms with E-state index in [2.05, 4.69) is 4.90 Å². The van der Waals surface area contributed by atoms with Crippen LogP contribution in [0, 0.1) is 0 Å². The number of carbonyl (C=O) groups excluding carboxylic acids is 1. The van der Waals surface area contributed by atoms with Gasteiger partial charge in [0, 0.05) is 18.6 Å². The summed E-state index contributed by atoms with van der Waals surface area (Å²) in [6.45, 7) is 3.90. The van der Waals surface area contributed by atoms with Crippen LogP contribution in [0.2, 0.25) is 0 Å². The van der Waals surface area contributed by atoms with E-state index < -0.39 is 0 Å². The Kier molecular flexibility index (Phi) is 3.30. The van der Waals surface area contributed by atoms with Gasteiger partial charge in [0.05, 0.1) is 25.9 Å². The van der Waals surface area contributed by atoms with Crippen molar-refractivity contribution in [2.45, 2.75) is 37.3 Å². The van der Waals surface area contributed by atoms with E-state index in [-0.39, 0.29) is 24.1 Å². The average molecular weight is 254 g/mol. The summed E-state index contributed by atoms with van der Waals surface area (Å²) in [5, 5.41) is 9.65. The van der Waals surface area contributed by atoms with Crippen molar-refractivity contribution < 1.29 is 14.6 Å². The largest absolute Gasteiger partial charge is 0.394 e. The maximum Gasteiger partial charge on any atom is 0.240 e. The first-order valence-corrected chi connectivity index (χ1v) is 7.01. The first-order valence-electron chi connectivity index (χ1n) is 7.01. The minimum Gasteiger partial charge on any atom is -0.394 e. The molecule has 0 aliphatic carbocycles. The zero-order valence-corrected chi connectivity index (χ0v) is 10.8. The molecule has 3 aliphatic rings. The highest BCUT2D eigenvalue weighted by Crippen LogP contribution is 2.42. The molecule has 5 heteroatoms. The van der Waals surface area contributed by atoms with E-state index in [1.54, 1.807) is 0 Å². The van der Waals surface area contributed by atoms with Crippen LogP contribution in [-0.2, 0) is 9.53 Å². The fraction of sp³-hybridized carbons (Fsp3) is 0.923. The van der Waals surface area contributed by atoms with E-state index in [9.17, 15) is 9.90 Å². The lowest BCUT2D eigenvalue weighted by Gasteiger charge is -2.36. The van der Waals surface area contributed by atoms with E-state index in [0.717, 1.165) is 45.3 Å². The predicted molar refractivity (Wildman–Crippen MR) is 66.2 cm³/mol. The topological polar surface area (TPSA) is 53.0 Å². The van der Waals surface area contributed by atoms with Crippen LogP contribution >= 0.6 is 0 Å². The molecule has 3 fully saturated rings. The van der Waals surface area contributed by atoms with Crippen LogP contribution in [0.4, 0.5) is 0 Å². The maximum atomic E-state index is 12.5. The Hall–Kier alpha value is -0.650. The standard InChI is InChI=1S/C13H22N2O3/c16-10-13-3-1-5-15(13)11(2-4-13)12(17)14-6-8-18-9-7-14/h11,16H,1-10H2/t11-,13+/m0/s1. The number of nitrogens with zero attached hydrogens (tertiary/aromatic N) is 2. The molecule has 0 spiro atoms. The summed E-state index contributed by atoms with van der Waals surface area (Å²) in [7, 11) is 0. The summed E-state index contributed by atoms with van der Waals surface area (Å²) in [4.78, 5) is 16.7. The molecule has 102 valence electrons. The smallest absolute Gasteiger partial charge is 0.240 e. The highest BCUT2D eigenvalue weighted by atomic mass is 16.5. The fourth-order valence-electron chi connectivity index (χ4n) is 3.78. The Morgan fingerprint density at radius 3 is 2.78 bits per heavy atom. The first-order chi connectivity index (χ1) is 8.77. The third-order valence-electron chi connectivity index (χ3n) is 4.81. The molecule has 0 aromatic heterocycles. The molecule has 0 unspecified atom stereocenters. The molecule has 1 N–H and O–H groups in total. The van der Waals surface area contributed by atoms with Gasteiger partial charge in [0.1, 0.15) is 0 Å². The van der Waals surface area contributed by atoms with Crippen LogP contribution in [-0.4, -0.2) is 71.8 Å². The number of hydrogen-bond donors (Lipinski definition) is 1. The van der Waals surface area contributed by atoms with Crippen molar-refractivity contribution in [2.24, 2.45) is 0 Å². The van der Waals surface area contributed by atoms with Gasteiger partial charge in [-0.05, 0) is 32.2 Å². The van der Waals surface area contributed by atoms with Crippen molar-refractivity contribution in [3.63, 3.8) is 0 Å². The van der Waals surface area contributed by atoms with Gasteiger partial charge >= 0.3 is 0 Å². The lowest BCUT2D eigenvalue weighted by atomic mass is 9.95. The number of aliphatic hydroxyl groups excluding tert-OH is 1. The average Bonchev–Trinajstić information content (AvgIpc) is 2.97. The number of ether oxygens (including phenoxy) is 1. The van der Waals surface area contributed by atoms with Crippen molar-refractivity contribution >= 4 is 5.91 Å². The van der Waals surface area contributed by atoms with Gasteiger partial charge in [-0.25, -0.2) is 0 Å². The van der Waals surface area contributed by atoms with Gasteiger partial charge in [-0.15, -0.1) is 0 Å². The van der Waals surface area contributed by atoms with Gasteiger partial charge in [-0.3, -0.25) is 9.69 Å². The molecular weight excluding hydrogens is 232 g/mol. The molecule has 0 aromatic rings. The number of hydrogen-bond acceptors (Lipinski definition) is 4. The molecule has 2 atom stereocenters. The second-order valence-corrected chi connectivity index (χ2v) is 5.67. The van der Waals surface area contributed by atoms with Gasteiger partial charge in [-0.2, -0.15) is 0 Å². The second-order valence-electron chi connectivity index (χ2n) is 5.67. The summed E-state index contributed by atoms with van der Waals surface area (Å²) in [5.74, 6) is 0.246. The summed E-state index contributed by atoms with van der Waals surface area (Å²) in [5.41, 5.74) is -0.0907. The van der Waals surface area contributed by atoms with Crippen molar-refractivity contribution in [3.05, 3.63) is 0 Å². The molecule has 0 bridgehead atoms. The van der Waals surface area contributed by atoms with Gasteiger partial charge in [-0.1, -0.05) is 0 Å². The van der Waals surface area contributed by atoms with Crippen LogP contribution in [0.25, 0.3) is 0 Å². The highest BCUT2D eigenvalue weighted by molar-refractivity contribution is 5.82. The molecule has 18 heavy (non-hydrogen) atoms. The summed E-state index contributed by atoms with van der Waals surface area (Å²) >= 11 is 0. The summed E-state index contributed by atoms with van der Waals surface area (Å²) < 4.78 is 5.29. The van der Waals surface area contributed by atoms with Crippen molar-refractivity contribution in [2.75, 3.05) is 39.5 Å². The fourth-order valence-corrected chi connectivity index (χ4v) is 3.78. The van der Waals surface area contributed by atoms with Crippen molar-refractivity contribution in [1.82, 2.24) is 9.80 Å². The van der Waals surface area contributed by atoms with E-state index >= 15 is 0 Å². The van der Waals surface area contributed by atoms with Crippen LogP contribution in [0.5, 0.6) is 0 Å². The molecular formula is C13H22N2O3. The third-order valence-corrected chi connectivity index (χ3v) is 4.81. The lowest BCUT2D eigenvalue weighted by molar-refractivity contribution is -0.141. The Bertz CT molecular complexity index is 330. The molecule has 3 rings (SSSR count). The van der Waals surface area contributed by atoms with E-state index in [4.69, 9.17) is 4.74 Å². The monoisotopic (exact) mass is 254 g/mol. The van der Waals surface area contributed by atoms with E-state index in [1.165, 1.54) is 0 Å². The predicted octanol–water partition coefficient (Wildman–Crippen LogP) is -0.165. The number of morpholine rings is 1. The number of carbonyl (C=O) groups is 1. The Labute approximate surface area is 108 Å². The molecule has 3 aliphatic heterocycles. The Morgan fingerprint density at radius 1 is 1.28 bits per heavy atom. The number of aliphatic hydroxyl groups is 1. The zero-order valence-electron chi connectivity index (χ0n) is 10.8. The minimum absolute atomic E-state index is 0.00208. The molecule has 0 saturated carbocycles. The SMILES string of the molecule is O=C([C@@H]1CC[C@@]2(CO)CCCN12)N1CCOCC1. The van der Waals surface area contributed by atoms with Gasteiger partial charge < -0.3 is 14.7 Å². The number of rotatable bonds is 2. The van der Waals surface area contributed by atoms with E-state index in [1.807, 2.05) is 4.90 Å². The Balaban J connectivity index is 1.71. The first kappa shape index (κ1) is 12.4. The molecule has 0 aromatic carbocycles. The Morgan fingerprint density at radius 2 is 2.06 bits per heavy atom. The normalized spacial score (nSPS) is 36.9. The van der Waals surface area contributed by atoms with Gasteiger partial charge in [0.15, 0.2) is 0 Å². The van der Waals surface area contributed by atoms with Crippen LogP contribution in [0.15, 0.2) is 0 Å². The van der Waals surface area contributed by atoms with Gasteiger partial charge in [0.25, 0.3) is 0 Å². The second kappa shape index (κ2) is 4.79. The minimum atomic E-state index is -0.0907.